The fourth-order valence-corrected chi connectivity index (χ4v) is 2.50. The van der Waals surface area contributed by atoms with E-state index in [2.05, 4.69) is 10.6 Å². The topological polar surface area (TPSA) is 59.6 Å². The largest absolute Gasteiger partial charge is 0.382 e. The highest BCUT2D eigenvalue weighted by Crippen LogP contribution is 2.09. The Morgan fingerprint density at radius 2 is 2.35 bits per heavy atom. The Hall–Kier alpha value is -0.300. The minimum Gasteiger partial charge on any atom is -0.382 e. The van der Waals surface area contributed by atoms with E-state index in [9.17, 15) is 4.79 Å². The van der Waals surface area contributed by atoms with Crippen molar-refractivity contribution in [3.8, 4) is 0 Å². The number of hydrogen-bond acceptors (Lipinski definition) is 5. The number of hydrogen-bond donors (Lipinski definition) is 2. The number of amides is 1. The van der Waals surface area contributed by atoms with Crippen molar-refractivity contribution in [2.24, 2.45) is 0 Å². The van der Waals surface area contributed by atoms with Gasteiger partial charge in [0, 0.05) is 44.2 Å². The maximum absolute atomic E-state index is 11.6. The fraction of sp³-hybridized carbons (Fsp3) is 0.909. The molecule has 0 radical (unpaired) electrons. The fourth-order valence-electron chi connectivity index (χ4n) is 1.55. The van der Waals surface area contributed by atoms with E-state index in [0.29, 0.717) is 38.8 Å². The van der Waals surface area contributed by atoms with Gasteiger partial charge < -0.3 is 20.1 Å². The molecule has 1 atom stereocenters. The number of carbonyl (C=O) groups excluding carboxylic acids is 1. The molecule has 0 aromatic heterocycles. The zero-order valence-corrected chi connectivity index (χ0v) is 11.2. The van der Waals surface area contributed by atoms with Crippen LogP contribution >= 0.6 is 11.8 Å². The summed E-state index contributed by atoms with van der Waals surface area (Å²) in [6, 6.07) is 0.322. The second-order valence-corrected chi connectivity index (χ2v) is 5.04. The summed E-state index contributed by atoms with van der Waals surface area (Å²) >= 11 is 1.90. The van der Waals surface area contributed by atoms with E-state index in [1.54, 1.807) is 7.11 Å². The first-order valence-electron chi connectivity index (χ1n) is 5.97. The number of carbonyl (C=O) groups is 1. The molecule has 17 heavy (non-hydrogen) atoms. The van der Waals surface area contributed by atoms with Crippen LogP contribution in [0.3, 0.4) is 0 Å². The number of methoxy groups -OCH3 is 1. The molecule has 1 fully saturated rings. The van der Waals surface area contributed by atoms with Gasteiger partial charge in [-0.05, 0) is 0 Å². The molecule has 0 aliphatic carbocycles. The molecule has 6 heteroatoms. The molecular formula is C11H22N2O3S. The highest BCUT2D eigenvalue weighted by atomic mass is 32.2. The lowest BCUT2D eigenvalue weighted by Gasteiger charge is -2.22. The molecular weight excluding hydrogens is 240 g/mol. The van der Waals surface area contributed by atoms with Crippen molar-refractivity contribution in [3.63, 3.8) is 0 Å². The zero-order valence-electron chi connectivity index (χ0n) is 10.4. The minimum absolute atomic E-state index is 0.0975. The van der Waals surface area contributed by atoms with Crippen molar-refractivity contribution in [3.05, 3.63) is 0 Å². The van der Waals surface area contributed by atoms with Crippen molar-refractivity contribution in [2.75, 3.05) is 51.5 Å². The van der Waals surface area contributed by atoms with E-state index in [4.69, 9.17) is 9.47 Å². The van der Waals surface area contributed by atoms with Crippen LogP contribution in [0.2, 0.25) is 0 Å². The van der Waals surface area contributed by atoms with Gasteiger partial charge in [0.1, 0.15) is 0 Å². The van der Waals surface area contributed by atoms with Crippen molar-refractivity contribution >= 4 is 17.7 Å². The average molecular weight is 262 g/mol. The summed E-state index contributed by atoms with van der Waals surface area (Å²) in [4.78, 5) is 11.6. The van der Waals surface area contributed by atoms with E-state index >= 15 is 0 Å². The maximum atomic E-state index is 11.6. The lowest BCUT2D eigenvalue weighted by atomic mass is 10.2. The molecule has 1 aliphatic heterocycles. The predicted molar refractivity (Wildman–Crippen MR) is 69.4 cm³/mol. The van der Waals surface area contributed by atoms with E-state index in [1.807, 2.05) is 11.8 Å². The quantitative estimate of drug-likeness (QED) is 0.596. The second-order valence-electron chi connectivity index (χ2n) is 3.89. The molecule has 1 rings (SSSR count). The van der Waals surface area contributed by atoms with Crippen LogP contribution in [0.5, 0.6) is 0 Å². The van der Waals surface area contributed by atoms with Gasteiger partial charge in [-0.2, -0.15) is 11.8 Å². The summed E-state index contributed by atoms with van der Waals surface area (Å²) in [6.07, 6.45) is 0.561. The van der Waals surface area contributed by atoms with Crippen LogP contribution < -0.4 is 10.6 Å². The van der Waals surface area contributed by atoms with Crippen LogP contribution in [0.4, 0.5) is 0 Å². The van der Waals surface area contributed by atoms with Crippen molar-refractivity contribution in [2.45, 2.75) is 12.5 Å². The van der Waals surface area contributed by atoms with E-state index in [0.717, 1.165) is 18.1 Å². The Morgan fingerprint density at radius 3 is 3.06 bits per heavy atom. The van der Waals surface area contributed by atoms with Crippen molar-refractivity contribution in [1.82, 2.24) is 10.6 Å². The molecule has 0 saturated carbocycles. The smallest absolute Gasteiger partial charge is 0.221 e. The average Bonchev–Trinajstić information content (AvgIpc) is 2.35. The van der Waals surface area contributed by atoms with Crippen LogP contribution in [0.15, 0.2) is 0 Å². The molecule has 2 N–H and O–H groups in total. The Morgan fingerprint density at radius 1 is 1.47 bits per heavy atom. The van der Waals surface area contributed by atoms with Gasteiger partial charge in [-0.3, -0.25) is 4.79 Å². The Balaban J connectivity index is 1.93. The number of nitrogens with one attached hydrogen (secondary N) is 2. The number of thioether (sulfide) groups is 1. The maximum Gasteiger partial charge on any atom is 0.221 e. The van der Waals surface area contributed by atoms with Crippen LogP contribution in [0.1, 0.15) is 6.42 Å². The first kappa shape index (κ1) is 14.8. The standard InChI is InChI=1S/C11H22N2O3S/c1-15-5-6-16-4-2-13-11(14)8-10-9-17-7-3-12-10/h10,12H,2-9H2,1H3,(H,13,14). The molecule has 1 saturated heterocycles. The summed E-state index contributed by atoms with van der Waals surface area (Å²) < 4.78 is 10.1. The van der Waals surface area contributed by atoms with Crippen LogP contribution in [-0.4, -0.2) is 63.5 Å². The van der Waals surface area contributed by atoms with Gasteiger partial charge in [0.25, 0.3) is 0 Å². The summed E-state index contributed by atoms with van der Waals surface area (Å²) in [5.74, 6) is 2.27. The molecule has 0 aromatic carbocycles. The van der Waals surface area contributed by atoms with Gasteiger partial charge in [0.05, 0.1) is 19.8 Å². The van der Waals surface area contributed by atoms with E-state index in [-0.39, 0.29) is 5.91 Å². The van der Waals surface area contributed by atoms with Gasteiger partial charge >= 0.3 is 0 Å². The summed E-state index contributed by atoms with van der Waals surface area (Å²) in [7, 11) is 1.64. The number of ether oxygens (including phenoxy) is 2. The molecule has 0 bridgehead atoms. The molecule has 1 amide bonds. The van der Waals surface area contributed by atoms with Crippen LogP contribution in [0.25, 0.3) is 0 Å². The molecule has 0 spiro atoms. The minimum atomic E-state index is 0.0975. The highest BCUT2D eigenvalue weighted by Gasteiger charge is 2.15. The summed E-state index contributed by atoms with van der Waals surface area (Å²) in [5, 5.41) is 6.19. The molecule has 5 nitrogen and oxygen atoms in total. The monoisotopic (exact) mass is 262 g/mol. The molecule has 0 aromatic rings. The van der Waals surface area contributed by atoms with Crippen molar-refractivity contribution < 1.29 is 14.3 Å². The van der Waals surface area contributed by atoms with E-state index in [1.165, 1.54) is 0 Å². The second kappa shape index (κ2) is 9.70. The lowest BCUT2D eigenvalue weighted by Crippen LogP contribution is -2.41. The van der Waals surface area contributed by atoms with Gasteiger partial charge in [0.2, 0.25) is 5.91 Å². The third-order valence-corrected chi connectivity index (χ3v) is 3.56. The molecule has 1 aliphatic rings. The predicted octanol–water partition coefficient (Wildman–Crippen LogP) is -0.139. The van der Waals surface area contributed by atoms with Crippen molar-refractivity contribution in [1.29, 1.82) is 0 Å². The first-order chi connectivity index (χ1) is 8.33. The molecule has 100 valence electrons. The Kier molecular flexibility index (Phi) is 8.42. The summed E-state index contributed by atoms with van der Waals surface area (Å²) in [5.41, 5.74) is 0. The highest BCUT2D eigenvalue weighted by molar-refractivity contribution is 7.99. The van der Waals surface area contributed by atoms with Gasteiger partial charge in [0.15, 0.2) is 0 Å². The Bertz CT molecular complexity index is 211. The third-order valence-electron chi connectivity index (χ3n) is 2.43. The van der Waals surface area contributed by atoms with Crippen LogP contribution in [0, 0.1) is 0 Å². The van der Waals surface area contributed by atoms with Gasteiger partial charge in [-0.1, -0.05) is 0 Å². The van der Waals surface area contributed by atoms with E-state index < -0.39 is 0 Å². The summed E-state index contributed by atoms with van der Waals surface area (Å²) in [6.45, 7) is 3.29. The lowest BCUT2D eigenvalue weighted by molar-refractivity contribution is -0.121. The van der Waals surface area contributed by atoms with Gasteiger partial charge in [-0.25, -0.2) is 0 Å². The molecule has 1 heterocycles. The first-order valence-corrected chi connectivity index (χ1v) is 7.13. The zero-order chi connectivity index (χ0) is 12.3. The third kappa shape index (κ3) is 7.59. The van der Waals surface area contributed by atoms with Gasteiger partial charge in [-0.15, -0.1) is 0 Å². The SMILES string of the molecule is COCCOCCNC(=O)CC1CSCCN1. The Labute approximate surface area is 107 Å². The normalized spacial score (nSPS) is 20.2. The number of rotatable bonds is 8. The van der Waals surface area contributed by atoms with Crippen LogP contribution in [-0.2, 0) is 14.3 Å². The molecule has 1 unspecified atom stereocenters.